The van der Waals surface area contributed by atoms with Gasteiger partial charge in [0.05, 0.1) is 27.3 Å². The molecule has 2 amide bonds. The maximum absolute atomic E-state index is 13.4. The molecule has 1 heterocycles. The topological polar surface area (TPSA) is 68.3 Å². The van der Waals surface area contributed by atoms with Gasteiger partial charge in [-0.25, -0.2) is 0 Å². The van der Waals surface area contributed by atoms with Gasteiger partial charge in [-0.1, -0.05) is 13.0 Å². The number of ether oxygens (including phenoxy) is 3. The van der Waals surface area contributed by atoms with Gasteiger partial charge in [0.1, 0.15) is 0 Å². The number of benzene rings is 1. The van der Waals surface area contributed by atoms with Crippen LogP contribution in [-0.2, 0) is 27.3 Å². The monoisotopic (exact) mass is 490 g/mol. The van der Waals surface area contributed by atoms with E-state index in [4.69, 9.17) is 14.2 Å². The third-order valence-corrected chi connectivity index (χ3v) is 6.50. The molecule has 0 saturated carbocycles. The standard InChI is InChI=1S/C26H38N2O5S/c1-6-25(29)27(14-8-16-33-7-2)19-26(30)28(18-22-11-9-20(3)34-22)15-13-21-10-12-23(31-4)24(17-21)32-5/h9-12,17H,6-8,13-16,18-19H2,1-5H3. The fraction of sp³-hybridized carbons (Fsp3) is 0.538. The second-order valence-electron chi connectivity index (χ2n) is 7.99. The van der Waals surface area contributed by atoms with Crippen LogP contribution in [0.2, 0.25) is 0 Å². The summed E-state index contributed by atoms with van der Waals surface area (Å²) in [6.07, 6.45) is 1.75. The van der Waals surface area contributed by atoms with Gasteiger partial charge in [0.15, 0.2) is 11.5 Å². The van der Waals surface area contributed by atoms with E-state index < -0.39 is 0 Å². The van der Waals surface area contributed by atoms with E-state index in [1.165, 1.54) is 4.88 Å². The van der Waals surface area contributed by atoms with Crippen molar-refractivity contribution < 1.29 is 23.8 Å². The lowest BCUT2D eigenvalue weighted by Crippen LogP contribution is -2.43. The molecule has 2 rings (SSSR count). The lowest BCUT2D eigenvalue weighted by molar-refractivity contribution is -0.140. The summed E-state index contributed by atoms with van der Waals surface area (Å²) in [5, 5.41) is 0. The zero-order chi connectivity index (χ0) is 24.9. The SMILES string of the molecule is CCOCCCN(CC(=O)N(CCc1ccc(OC)c(OC)c1)Cc1ccc(C)s1)C(=O)CC. The molecule has 0 N–H and O–H groups in total. The molecule has 0 bridgehead atoms. The zero-order valence-corrected chi connectivity index (χ0v) is 21.9. The predicted octanol–water partition coefficient (Wildman–Crippen LogP) is 4.31. The number of methoxy groups -OCH3 is 2. The van der Waals surface area contributed by atoms with Gasteiger partial charge in [0.25, 0.3) is 0 Å². The Morgan fingerprint density at radius 2 is 1.71 bits per heavy atom. The summed E-state index contributed by atoms with van der Waals surface area (Å²) in [7, 11) is 3.22. The summed E-state index contributed by atoms with van der Waals surface area (Å²) in [5.41, 5.74) is 1.05. The lowest BCUT2D eigenvalue weighted by Gasteiger charge is -2.27. The van der Waals surface area contributed by atoms with Crippen LogP contribution < -0.4 is 9.47 Å². The molecule has 7 nitrogen and oxygen atoms in total. The average Bonchev–Trinajstić information content (AvgIpc) is 3.27. The number of amides is 2. The van der Waals surface area contributed by atoms with Crippen molar-refractivity contribution in [3.05, 3.63) is 45.6 Å². The molecule has 0 spiro atoms. The molecule has 2 aromatic rings. The zero-order valence-electron chi connectivity index (χ0n) is 21.1. The van der Waals surface area contributed by atoms with Crippen molar-refractivity contribution in [1.29, 1.82) is 0 Å². The molecular formula is C26H38N2O5S. The molecule has 0 unspecified atom stereocenters. The van der Waals surface area contributed by atoms with Crippen LogP contribution in [0.25, 0.3) is 0 Å². The fourth-order valence-electron chi connectivity index (χ4n) is 3.63. The highest BCUT2D eigenvalue weighted by atomic mass is 32.1. The van der Waals surface area contributed by atoms with Crippen LogP contribution in [0.4, 0.5) is 0 Å². The maximum Gasteiger partial charge on any atom is 0.242 e. The first-order valence-corrected chi connectivity index (χ1v) is 12.6. The molecule has 0 aliphatic heterocycles. The Kier molecular flexibility index (Phi) is 11.9. The quantitative estimate of drug-likeness (QED) is 0.348. The van der Waals surface area contributed by atoms with E-state index in [1.54, 1.807) is 30.5 Å². The van der Waals surface area contributed by atoms with Crippen molar-refractivity contribution in [2.45, 2.75) is 46.6 Å². The molecule has 34 heavy (non-hydrogen) atoms. The van der Waals surface area contributed by atoms with Crippen LogP contribution in [0.15, 0.2) is 30.3 Å². The summed E-state index contributed by atoms with van der Waals surface area (Å²) < 4.78 is 16.1. The van der Waals surface area contributed by atoms with Crippen LogP contribution in [-0.4, -0.2) is 68.7 Å². The van der Waals surface area contributed by atoms with Gasteiger partial charge >= 0.3 is 0 Å². The van der Waals surface area contributed by atoms with Gasteiger partial charge in [-0.3, -0.25) is 9.59 Å². The van der Waals surface area contributed by atoms with Gasteiger partial charge in [-0.2, -0.15) is 0 Å². The molecule has 0 fully saturated rings. The van der Waals surface area contributed by atoms with Gasteiger partial charge < -0.3 is 24.0 Å². The smallest absolute Gasteiger partial charge is 0.242 e. The Bertz CT molecular complexity index is 914. The minimum atomic E-state index is -0.0512. The second-order valence-corrected chi connectivity index (χ2v) is 9.36. The first kappa shape index (κ1) is 27.7. The third-order valence-electron chi connectivity index (χ3n) is 5.52. The van der Waals surface area contributed by atoms with Crippen molar-refractivity contribution in [2.75, 3.05) is 47.1 Å². The molecule has 0 atom stereocenters. The van der Waals surface area contributed by atoms with Gasteiger partial charge in [0, 0.05) is 42.5 Å². The fourth-order valence-corrected chi connectivity index (χ4v) is 4.54. The number of aryl methyl sites for hydroxylation is 1. The summed E-state index contributed by atoms with van der Waals surface area (Å²) in [5.74, 6) is 1.27. The number of hydrogen-bond acceptors (Lipinski definition) is 6. The van der Waals surface area contributed by atoms with Crippen molar-refractivity contribution in [1.82, 2.24) is 9.80 Å². The molecule has 0 aliphatic rings. The number of carbonyl (C=O) groups excluding carboxylic acids is 2. The summed E-state index contributed by atoms with van der Waals surface area (Å²) >= 11 is 1.69. The molecule has 8 heteroatoms. The Labute approximate surface area is 207 Å². The maximum atomic E-state index is 13.4. The number of rotatable bonds is 15. The molecule has 1 aromatic carbocycles. The highest BCUT2D eigenvalue weighted by Gasteiger charge is 2.21. The Morgan fingerprint density at radius 1 is 0.941 bits per heavy atom. The molecule has 0 saturated heterocycles. The Balaban J connectivity index is 2.13. The van der Waals surface area contributed by atoms with Crippen molar-refractivity contribution in [2.24, 2.45) is 0 Å². The predicted molar refractivity (Wildman–Crippen MR) is 136 cm³/mol. The van der Waals surface area contributed by atoms with E-state index in [1.807, 2.05) is 36.9 Å². The van der Waals surface area contributed by atoms with Crippen molar-refractivity contribution in [3.8, 4) is 11.5 Å². The van der Waals surface area contributed by atoms with Crippen LogP contribution in [0.3, 0.4) is 0 Å². The first-order valence-electron chi connectivity index (χ1n) is 11.8. The molecule has 0 radical (unpaired) electrons. The lowest BCUT2D eigenvalue weighted by atomic mass is 10.1. The van der Waals surface area contributed by atoms with Crippen LogP contribution in [0, 0.1) is 6.92 Å². The summed E-state index contributed by atoms with van der Waals surface area (Å²) in [6.45, 7) is 8.71. The highest BCUT2D eigenvalue weighted by Crippen LogP contribution is 2.28. The summed E-state index contributed by atoms with van der Waals surface area (Å²) in [6, 6.07) is 9.94. The minimum Gasteiger partial charge on any atom is -0.493 e. The van der Waals surface area contributed by atoms with Crippen LogP contribution in [0.1, 0.15) is 42.0 Å². The van der Waals surface area contributed by atoms with Crippen molar-refractivity contribution >= 4 is 23.2 Å². The normalized spacial score (nSPS) is 10.7. The number of thiophene rings is 1. The largest absolute Gasteiger partial charge is 0.493 e. The van der Waals surface area contributed by atoms with E-state index in [0.717, 1.165) is 10.4 Å². The van der Waals surface area contributed by atoms with E-state index in [2.05, 4.69) is 19.1 Å². The van der Waals surface area contributed by atoms with E-state index in [0.29, 0.717) is 63.6 Å². The van der Waals surface area contributed by atoms with E-state index in [-0.39, 0.29) is 18.4 Å². The molecule has 188 valence electrons. The van der Waals surface area contributed by atoms with Crippen LogP contribution in [0.5, 0.6) is 11.5 Å². The van der Waals surface area contributed by atoms with Gasteiger partial charge in [0.2, 0.25) is 11.8 Å². The molecule has 0 aliphatic carbocycles. The minimum absolute atomic E-state index is 0.0170. The summed E-state index contributed by atoms with van der Waals surface area (Å²) in [4.78, 5) is 31.7. The van der Waals surface area contributed by atoms with E-state index >= 15 is 0 Å². The highest BCUT2D eigenvalue weighted by molar-refractivity contribution is 7.11. The average molecular weight is 491 g/mol. The molecular weight excluding hydrogens is 452 g/mol. The third kappa shape index (κ3) is 8.65. The number of carbonyl (C=O) groups is 2. The molecule has 1 aromatic heterocycles. The number of hydrogen-bond donors (Lipinski definition) is 0. The van der Waals surface area contributed by atoms with Gasteiger partial charge in [-0.05, 0) is 56.5 Å². The van der Waals surface area contributed by atoms with E-state index in [9.17, 15) is 9.59 Å². The van der Waals surface area contributed by atoms with Gasteiger partial charge in [-0.15, -0.1) is 11.3 Å². The Morgan fingerprint density at radius 3 is 2.32 bits per heavy atom. The van der Waals surface area contributed by atoms with Crippen molar-refractivity contribution in [3.63, 3.8) is 0 Å². The first-order chi connectivity index (χ1) is 16.4. The Hall–Kier alpha value is -2.58. The van der Waals surface area contributed by atoms with Crippen LogP contribution >= 0.6 is 11.3 Å². The number of nitrogens with zero attached hydrogens (tertiary/aromatic N) is 2. The second kappa shape index (κ2) is 14.6.